The second-order valence-corrected chi connectivity index (χ2v) is 13.2. The number of alkyl halides is 8. The summed E-state index contributed by atoms with van der Waals surface area (Å²) in [6.45, 7) is 4.94. The Morgan fingerprint density at radius 2 is 1.61 bits per heavy atom. The van der Waals surface area contributed by atoms with E-state index in [1.165, 1.54) is 49.4 Å². The third-order valence-corrected chi connectivity index (χ3v) is 9.69. The fourth-order valence-corrected chi connectivity index (χ4v) is 6.98. The number of methoxy groups -OCH3 is 1. The molecule has 5 rings (SSSR count). The van der Waals surface area contributed by atoms with Crippen LogP contribution in [0, 0.1) is 13.8 Å². The highest BCUT2D eigenvalue weighted by molar-refractivity contribution is 7.59. The van der Waals surface area contributed by atoms with Crippen molar-refractivity contribution in [3.05, 3.63) is 106 Å². The molecule has 6 nitrogen and oxygen atoms in total. The smallest absolute Gasteiger partial charge is 0.416 e. The standard InChI is InChI=1S/C36H31F8N2O4P/c1-5-30(46-11-12-50-33(46)48)27-17-29(35(40,41)42)20(3)14-26(27)28-15-22(18-45-31(28)49-4)25-10-9-21(13-19(25)2)32(47)51-36(43,44)24-8-6-7-23(16-24)34(37,38)39/h6-10,13-18,30,51H,5,11-12H2,1-4H3/t30-/m0/s1. The highest BCUT2D eigenvalue weighted by Gasteiger charge is 2.39. The van der Waals surface area contributed by atoms with Gasteiger partial charge in [0.05, 0.1) is 30.8 Å². The van der Waals surface area contributed by atoms with Gasteiger partial charge >= 0.3 is 18.4 Å². The Kier molecular flexibility index (Phi) is 10.5. The minimum atomic E-state index is -4.84. The molecule has 1 fully saturated rings. The Hall–Kier alpha value is -4.58. The first kappa shape index (κ1) is 37.7. The van der Waals surface area contributed by atoms with E-state index >= 15 is 8.78 Å². The molecule has 1 unspecified atom stereocenters. The minimum absolute atomic E-state index is 0.0747. The molecule has 2 atom stereocenters. The van der Waals surface area contributed by atoms with Gasteiger partial charge in [-0.2, -0.15) is 35.1 Å². The van der Waals surface area contributed by atoms with Crippen molar-refractivity contribution in [1.82, 2.24) is 9.88 Å². The average Bonchev–Trinajstić information content (AvgIpc) is 3.49. The molecule has 1 aromatic heterocycles. The quantitative estimate of drug-likeness (QED) is 0.120. The molecule has 51 heavy (non-hydrogen) atoms. The van der Waals surface area contributed by atoms with Crippen LogP contribution in [0.1, 0.15) is 63.1 Å². The van der Waals surface area contributed by atoms with E-state index in [-0.39, 0.29) is 42.1 Å². The largest absolute Gasteiger partial charge is 0.481 e. The number of amides is 1. The molecule has 0 spiro atoms. The summed E-state index contributed by atoms with van der Waals surface area (Å²) in [4.78, 5) is 31.3. The van der Waals surface area contributed by atoms with Gasteiger partial charge < -0.3 is 9.47 Å². The summed E-state index contributed by atoms with van der Waals surface area (Å²) in [7, 11) is -0.346. The lowest BCUT2D eigenvalue weighted by Crippen LogP contribution is -2.30. The zero-order chi connectivity index (χ0) is 37.5. The van der Waals surface area contributed by atoms with E-state index in [1.54, 1.807) is 19.9 Å². The van der Waals surface area contributed by atoms with E-state index in [4.69, 9.17) is 9.47 Å². The molecule has 15 heteroatoms. The Bertz CT molecular complexity index is 1980. The molecule has 1 saturated heterocycles. The van der Waals surface area contributed by atoms with Gasteiger partial charge in [0.25, 0.3) is 5.66 Å². The topological polar surface area (TPSA) is 68.7 Å². The molecular formula is C36H31F8N2O4P. The molecule has 4 aromatic rings. The number of carbonyl (C=O) groups excluding carboxylic acids is 2. The molecule has 2 heterocycles. The van der Waals surface area contributed by atoms with Crippen LogP contribution in [-0.4, -0.2) is 41.8 Å². The number of hydrogen-bond acceptors (Lipinski definition) is 5. The minimum Gasteiger partial charge on any atom is -0.481 e. The Balaban J connectivity index is 1.54. The van der Waals surface area contributed by atoms with Crippen molar-refractivity contribution >= 4 is 20.2 Å². The summed E-state index contributed by atoms with van der Waals surface area (Å²) >= 11 is 0. The summed E-state index contributed by atoms with van der Waals surface area (Å²) in [5.74, 6) is 0.0838. The van der Waals surface area contributed by atoms with Gasteiger partial charge in [-0.15, -0.1) is 0 Å². The second kappa shape index (κ2) is 14.2. The third kappa shape index (κ3) is 7.85. The summed E-state index contributed by atoms with van der Waals surface area (Å²) in [6.07, 6.45) is -8.46. The van der Waals surface area contributed by atoms with Gasteiger partial charge in [0, 0.05) is 37.0 Å². The van der Waals surface area contributed by atoms with Crippen molar-refractivity contribution in [2.45, 2.75) is 51.3 Å². The fraction of sp³-hybridized carbons (Fsp3) is 0.306. The zero-order valence-electron chi connectivity index (χ0n) is 27.6. The highest BCUT2D eigenvalue weighted by atomic mass is 31.1. The van der Waals surface area contributed by atoms with Crippen LogP contribution in [0.25, 0.3) is 22.3 Å². The number of ether oxygens (including phenoxy) is 2. The number of pyridine rings is 1. The van der Waals surface area contributed by atoms with E-state index in [0.717, 1.165) is 18.2 Å². The van der Waals surface area contributed by atoms with E-state index in [0.29, 0.717) is 39.9 Å². The molecule has 3 aromatic carbocycles. The lowest BCUT2D eigenvalue weighted by atomic mass is 9.88. The number of rotatable bonds is 10. The molecule has 0 bridgehead atoms. The van der Waals surface area contributed by atoms with Gasteiger partial charge in [-0.1, -0.05) is 37.3 Å². The van der Waals surface area contributed by atoms with Crippen molar-refractivity contribution in [1.29, 1.82) is 0 Å². The maximum absolute atomic E-state index is 15.0. The monoisotopic (exact) mass is 738 g/mol. The van der Waals surface area contributed by atoms with Gasteiger partial charge in [0.15, 0.2) is 5.52 Å². The molecule has 0 radical (unpaired) electrons. The maximum Gasteiger partial charge on any atom is 0.416 e. The van der Waals surface area contributed by atoms with Crippen molar-refractivity contribution in [2.75, 3.05) is 20.3 Å². The Morgan fingerprint density at radius 1 is 0.902 bits per heavy atom. The average molecular weight is 739 g/mol. The summed E-state index contributed by atoms with van der Waals surface area (Å²) in [5.41, 5.74) is -5.79. The highest BCUT2D eigenvalue weighted by Crippen LogP contribution is 2.48. The van der Waals surface area contributed by atoms with E-state index in [9.17, 15) is 35.9 Å². The molecular weight excluding hydrogens is 707 g/mol. The fourth-order valence-electron chi connectivity index (χ4n) is 6.10. The molecule has 1 amide bonds. The zero-order valence-corrected chi connectivity index (χ0v) is 28.6. The van der Waals surface area contributed by atoms with Gasteiger partial charge in [-0.25, -0.2) is 9.78 Å². The third-order valence-electron chi connectivity index (χ3n) is 8.57. The normalized spacial score (nSPS) is 14.7. The van der Waals surface area contributed by atoms with E-state index in [1.807, 2.05) is 0 Å². The van der Waals surface area contributed by atoms with Crippen molar-refractivity contribution in [2.24, 2.45) is 0 Å². The van der Waals surface area contributed by atoms with Gasteiger partial charge in [-0.05, 0) is 78.4 Å². The lowest BCUT2D eigenvalue weighted by molar-refractivity contribution is -0.138. The maximum atomic E-state index is 15.0. The van der Waals surface area contributed by atoms with Crippen molar-refractivity contribution in [3.8, 4) is 28.1 Å². The number of benzene rings is 3. The van der Waals surface area contributed by atoms with Gasteiger partial charge in [0.2, 0.25) is 5.88 Å². The van der Waals surface area contributed by atoms with Crippen LogP contribution in [-0.2, 0) is 22.8 Å². The van der Waals surface area contributed by atoms with E-state index in [2.05, 4.69) is 4.98 Å². The van der Waals surface area contributed by atoms with Crippen LogP contribution in [0.2, 0.25) is 0 Å². The number of halogens is 8. The summed E-state index contributed by atoms with van der Waals surface area (Å²) in [5, 5.41) is 0. The number of aryl methyl sites for hydroxylation is 2. The van der Waals surface area contributed by atoms with Crippen molar-refractivity contribution < 1.29 is 54.2 Å². The first-order chi connectivity index (χ1) is 23.8. The van der Waals surface area contributed by atoms with Crippen LogP contribution in [0.15, 0.2) is 66.9 Å². The number of nitrogens with zero attached hydrogens (tertiary/aromatic N) is 2. The van der Waals surface area contributed by atoms with Crippen molar-refractivity contribution in [3.63, 3.8) is 0 Å². The molecule has 270 valence electrons. The lowest BCUT2D eigenvalue weighted by Gasteiger charge is -2.29. The van der Waals surface area contributed by atoms with Crippen LogP contribution in [0.5, 0.6) is 5.88 Å². The van der Waals surface area contributed by atoms with E-state index < -0.39 is 60.9 Å². The number of carbonyl (C=O) groups is 2. The molecule has 0 aliphatic carbocycles. The van der Waals surface area contributed by atoms with Gasteiger partial charge in [-0.3, -0.25) is 9.69 Å². The summed E-state index contributed by atoms with van der Waals surface area (Å²) < 4.78 is 122. The molecule has 0 saturated carbocycles. The van der Waals surface area contributed by atoms with Crippen LogP contribution >= 0.6 is 8.58 Å². The second-order valence-electron chi connectivity index (χ2n) is 11.9. The van der Waals surface area contributed by atoms with Gasteiger partial charge in [0.1, 0.15) is 6.61 Å². The number of hydrogen-bond donors (Lipinski definition) is 0. The Labute approximate surface area is 289 Å². The predicted molar refractivity (Wildman–Crippen MR) is 175 cm³/mol. The Morgan fingerprint density at radius 3 is 2.20 bits per heavy atom. The van der Waals surface area contributed by atoms with Crippen LogP contribution in [0.4, 0.5) is 39.9 Å². The number of aromatic nitrogens is 1. The summed E-state index contributed by atoms with van der Waals surface area (Å²) in [6, 6.07) is 10.1. The number of cyclic esters (lactones) is 1. The molecule has 1 aliphatic heterocycles. The molecule has 1 aliphatic rings. The first-order valence-electron chi connectivity index (χ1n) is 15.5. The van der Waals surface area contributed by atoms with Crippen LogP contribution < -0.4 is 4.74 Å². The predicted octanol–water partition coefficient (Wildman–Crippen LogP) is 10.6. The molecule has 0 N–H and O–H groups in total. The van der Waals surface area contributed by atoms with Crippen LogP contribution in [0.3, 0.4) is 0 Å². The first-order valence-corrected chi connectivity index (χ1v) is 16.5. The SMILES string of the molecule is CC[C@@H](c1cc(C(F)(F)F)c(C)cc1-c1cc(-c2ccc(C(=O)PC(F)(F)c3cccc(C(F)(F)F)c3)cc2C)cnc1OC)N1CCOC1=O.